The lowest BCUT2D eigenvalue weighted by Gasteiger charge is -2.23. The van der Waals surface area contributed by atoms with E-state index in [1.807, 2.05) is 6.07 Å². The van der Waals surface area contributed by atoms with Crippen molar-refractivity contribution in [1.82, 2.24) is 5.32 Å². The maximum Gasteiger partial charge on any atom is 0.241 e. The van der Waals surface area contributed by atoms with Crippen LogP contribution in [0.4, 0.5) is 0 Å². The molecule has 5 nitrogen and oxygen atoms in total. The topological polar surface area (TPSA) is 96.0 Å². The summed E-state index contributed by atoms with van der Waals surface area (Å²) in [4.78, 5) is 22.5. The highest BCUT2D eigenvalue weighted by Crippen LogP contribution is 2.25. The van der Waals surface area contributed by atoms with Crippen LogP contribution in [0.1, 0.15) is 33.6 Å². The van der Waals surface area contributed by atoms with Gasteiger partial charge in [0.2, 0.25) is 11.8 Å². The van der Waals surface area contributed by atoms with Crippen LogP contribution in [0.5, 0.6) is 0 Å². The Labute approximate surface area is 89.6 Å². The zero-order valence-electron chi connectivity index (χ0n) is 9.33. The van der Waals surface area contributed by atoms with Crippen molar-refractivity contribution < 1.29 is 9.59 Å². The highest BCUT2D eigenvalue weighted by atomic mass is 16.2. The average Bonchev–Trinajstić information content (AvgIpc) is 2.21. The molecule has 0 aliphatic carbocycles. The van der Waals surface area contributed by atoms with Gasteiger partial charge in [0, 0.05) is 0 Å². The Morgan fingerprint density at radius 3 is 2.20 bits per heavy atom. The van der Waals surface area contributed by atoms with Crippen LogP contribution in [0.25, 0.3) is 0 Å². The minimum Gasteiger partial charge on any atom is -0.368 e. The molecular formula is C10H17N3O2. The molecule has 0 aromatic carbocycles. The molecule has 0 aliphatic rings. The van der Waals surface area contributed by atoms with Crippen LogP contribution in [0.2, 0.25) is 0 Å². The molecular weight excluding hydrogens is 194 g/mol. The molecule has 0 aromatic heterocycles. The number of carbonyl (C=O) groups is 2. The summed E-state index contributed by atoms with van der Waals surface area (Å²) in [7, 11) is 0. The molecule has 0 saturated heterocycles. The number of nitriles is 1. The first kappa shape index (κ1) is 13.4. The van der Waals surface area contributed by atoms with Gasteiger partial charge in [0.25, 0.3) is 0 Å². The Balaban J connectivity index is 4.69. The number of nitrogens with two attached hydrogens (primary N) is 1. The van der Waals surface area contributed by atoms with Gasteiger partial charge in [-0.15, -0.1) is 0 Å². The van der Waals surface area contributed by atoms with E-state index in [1.165, 1.54) is 6.92 Å². The first-order valence-electron chi connectivity index (χ1n) is 4.95. The Kier molecular flexibility index (Phi) is 4.79. The molecule has 0 aliphatic heterocycles. The first-order chi connectivity index (χ1) is 6.93. The molecule has 1 atom stereocenters. The lowest BCUT2D eigenvalue weighted by molar-refractivity contribution is -0.132. The van der Waals surface area contributed by atoms with Crippen LogP contribution in [0.3, 0.4) is 0 Å². The van der Waals surface area contributed by atoms with Crippen LogP contribution < -0.4 is 11.1 Å². The van der Waals surface area contributed by atoms with Crippen LogP contribution in [0, 0.1) is 16.7 Å². The van der Waals surface area contributed by atoms with Gasteiger partial charge in [-0.25, -0.2) is 0 Å². The number of hydrogen-bond donors (Lipinski definition) is 2. The van der Waals surface area contributed by atoms with Crippen molar-refractivity contribution in [3.63, 3.8) is 0 Å². The van der Waals surface area contributed by atoms with Crippen LogP contribution in [0.15, 0.2) is 0 Å². The third kappa shape index (κ3) is 2.94. The van der Waals surface area contributed by atoms with E-state index in [9.17, 15) is 9.59 Å². The molecule has 0 rings (SSSR count). The SMILES string of the molecule is CCC(C#N)(CC)C(=O)NC(C)C(N)=O. The van der Waals surface area contributed by atoms with Crippen LogP contribution >= 0.6 is 0 Å². The predicted molar refractivity (Wildman–Crippen MR) is 55.4 cm³/mol. The summed E-state index contributed by atoms with van der Waals surface area (Å²) in [5.41, 5.74) is 3.96. The molecule has 0 bridgehead atoms. The summed E-state index contributed by atoms with van der Waals surface area (Å²) in [6, 6.07) is 1.25. The Bertz CT molecular complexity index is 290. The van der Waals surface area contributed by atoms with Gasteiger partial charge in [-0.05, 0) is 19.8 Å². The minimum atomic E-state index is -1.05. The monoisotopic (exact) mass is 211 g/mol. The fourth-order valence-electron chi connectivity index (χ4n) is 1.19. The Hall–Kier alpha value is -1.57. The zero-order chi connectivity index (χ0) is 12.1. The van der Waals surface area contributed by atoms with E-state index in [2.05, 4.69) is 5.32 Å². The number of nitrogens with one attached hydrogen (secondary N) is 1. The summed E-state index contributed by atoms with van der Waals surface area (Å²) in [6.45, 7) is 5.02. The number of carbonyl (C=O) groups excluding carboxylic acids is 2. The summed E-state index contributed by atoms with van der Waals surface area (Å²) in [5, 5.41) is 11.4. The molecule has 0 aromatic rings. The van der Waals surface area contributed by atoms with Gasteiger partial charge in [-0.2, -0.15) is 5.26 Å². The number of hydrogen-bond acceptors (Lipinski definition) is 3. The second-order valence-corrected chi connectivity index (χ2v) is 3.50. The van der Waals surface area contributed by atoms with Crippen molar-refractivity contribution in [2.24, 2.45) is 11.1 Å². The predicted octanol–water partition coefficient (Wildman–Crippen LogP) is 0.306. The molecule has 84 valence electrons. The average molecular weight is 211 g/mol. The van der Waals surface area contributed by atoms with Gasteiger partial charge < -0.3 is 11.1 Å². The highest BCUT2D eigenvalue weighted by molar-refractivity contribution is 5.90. The fourth-order valence-corrected chi connectivity index (χ4v) is 1.19. The third-order valence-corrected chi connectivity index (χ3v) is 2.63. The number of primary amides is 1. The third-order valence-electron chi connectivity index (χ3n) is 2.63. The summed E-state index contributed by atoms with van der Waals surface area (Å²) < 4.78 is 0. The van der Waals surface area contributed by atoms with Crippen LogP contribution in [-0.4, -0.2) is 17.9 Å². The van der Waals surface area contributed by atoms with Gasteiger partial charge >= 0.3 is 0 Å². The maximum absolute atomic E-state index is 11.7. The molecule has 15 heavy (non-hydrogen) atoms. The van der Waals surface area contributed by atoms with Gasteiger partial charge in [0.1, 0.15) is 11.5 Å². The molecule has 0 radical (unpaired) electrons. The van der Waals surface area contributed by atoms with Gasteiger partial charge in [-0.1, -0.05) is 13.8 Å². The molecule has 0 saturated carbocycles. The fraction of sp³-hybridized carbons (Fsp3) is 0.700. The molecule has 0 heterocycles. The van der Waals surface area contributed by atoms with Crippen molar-refractivity contribution >= 4 is 11.8 Å². The van der Waals surface area contributed by atoms with Crippen molar-refractivity contribution in [3.05, 3.63) is 0 Å². The standard InChI is InChI=1S/C10H17N3O2/c1-4-10(5-2,6-11)9(15)13-7(3)8(12)14/h7H,4-5H2,1-3H3,(H2,12,14)(H,13,15). The van der Waals surface area contributed by atoms with E-state index in [0.29, 0.717) is 12.8 Å². The van der Waals surface area contributed by atoms with Crippen LogP contribution in [-0.2, 0) is 9.59 Å². The second kappa shape index (κ2) is 5.35. The molecule has 3 N–H and O–H groups in total. The summed E-state index contributed by atoms with van der Waals surface area (Å²) >= 11 is 0. The van der Waals surface area contributed by atoms with Crippen molar-refractivity contribution in [1.29, 1.82) is 5.26 Å². The second-order valence-electron chi connectivity index (χ2n) is 3.50. The number of nitrogens with zero attached hydrogens (tertiary/aromatic N) is 1. The van der Waals surface area contributed by atoms with Gasteiger partial charge in [0.15, 0.2) is 0 Å². The lowest BCUT2D eigenvalue weighted by atomic mass is 9.83. The first-order valence-corrected chi connectivity index (χ1v) is 4.95. The van der Waals surface area contributed by atoms with Gasteiger partial charge in [-0.3, -0.25) is 9.59 Å². The van der Waals surface area contributed by atoms with E-state index >= 15 is 0 Å². The maximum atomic E-state index is 11.7. The van der Waals surface area contributed by atoms with Crippen molar-refractivity contribution in [3.8, 4) is 6.07 Å². The number of amides is 2. The lowest BCUT2D eigenvalue weighted by Crippen LogP contribution is -2.48. The molecule has 5 heteroatoms. The van der Waals surface area contributed by atoms with Crippen molar-refractivity contribution in [2.45, 2.75) is 39.7 Å². The Morgan fingerprint density at radius 1 is 1.47 bits per heavy atom. The van der Waals surface area contributed by atoms with E-state index < -0.39 is 23.3 Å². The normalized spacial score (nSPS) is 12.7. The molecule has 0 spiro atoms. The van der Waals surface area contributed by atoms with E-state index in [4.69, 9.17) is 11.0 Å². The molecule has 0 fully saturated rings. The van der Waals surface area contributed by atoms with E-state index in [0.717, 1.165) is 0 Å². The van der Waals surface area contributed by atoms with E-state index in [1.54, 1.807) is 13.8 Å². The number of rotatable bonds is 5. The quantitative estimate of drug-likeness (QED) is 0.684. The summed E-state index contributed by atoms with van der Waals surface area (Å²) in [5.74, 6) is -1.04. The largest absolute Gasteiger partial charge is 0.368 e. The summed E-state index contributed by atoms with van der Waals surface area (Å²) in [6.07, 6.45) is 0.828. The minimum absolute atomic E-state index is 0.414. The van der Waals surface area contributed by atoms with Crippen molar-refractivity contribution in [2.75, 3.05) is 0 Å². The Morgan fingerprint density at radius 2 is 1.93 bits per heavy atom. The van der Waals surface area contributed by atoms with E-state index in [-0.39, 0.29) is 0 Å². The van der Waals surface area contributed by atoms with Gasteiger partial charge in [0.05, 0.1) is 6.07 Å². The highest BCUT2D eigenvalue weighted by Gasteiger charge is 2.36. The zero-order valence-corrected chi connectivity index (χ0v) is 9.33. The smallest absolute Gasteiger partial charge is 0.241 e. The molecule has 1 unspecified atom stereocenters. The molecule has 2 amide bonds.